The number of hydrogen-bond acceptors (Lipinski definition) is 7. The number of sulfonamides is 1. The van der Waals surface area contributed by atoms with Crippen LogP contribution in [0.2, 0.25) is 0 Å². The third-order valence-electron chi connectivity index (χ3n) is 6.93. The molecule has 11 heteroatoms. The van der Waals surface area contributed by atoms with Gasteiger partial charge in [-0.1, -0.05) is 18.2 Å². The van der Waals surface area contributed by atoms with E-state index in [1.165, 1.54) is 6.26 Å². The Morgan fingerprint density at radius 1 is 0.973 bits per heavy atom. The van der Waals surface area contributed by atoms with E-state index >= 15 is 0 Å². The molecule has 1 aliphatic rings. The summed E-state index contributed by atoms with van der Waals surface area (Å²) in [5.41, 5.74) is 4.61. The Morgan fingerprint density at radius 3 is 2.30 bits per heavy atom. The molecule has 0 bridgehead atoms. The standard InChI is InChI=1S/C26H32N8O2S/c1-17-9-10-24(34(17)37(5,35)36)18(2)30-26-23(22-13-29-33(4)16-22)14-27-25(31-26)20-8-6-7-19(11-20)21-12-28-32(3)15-21/h6-8,11-18,24H,9-10H2,1-5H3,(H,27,30,31). The highest BCUT2D eigenvalue weighted by atomic mass is 32.2. The maximum absolute atomic E-state index is 12.5. The summed E-state index contributed by atoms with van der Waals surface area (Å²) in [5, 5.41) is 12.1. The van der Waals surface area contributed by atoms with E-state index in [0.29, 0.717) is 11.6 Å². The Balaban J connectivity index is 1.52. The number of aromatic nitrogens is 6. The third-order valence-corrected chi connectivity index (χ3v) is 8.33. The van der Waals surface area contributed by atoms with Gasteiger partial charge in [0.1, 0.15) is 5.82 Å². The van der Waals surface area contributed by atoms with Crippen LogP contribution >= 0.6 is 0 Å². The fourth-order valence-corrected chi connectivity index (χ4v) is 6.70. The van der Waals surface area contributed by atoms with E-state index in [9.17, 15) is 8.42 Å². The molecule has 194 valence electrons. The number of rotatable bonds is 7. The predicted octanol–water partition coefficient (Wildman–Crippen LogP) is 3.56. The number of anilines is 1. The fraction of sp³-hybridized carbons (Fsp3) is 0.385. The number of hydrogen-bond donors (Lipinski definition) is 1. The lowest BCUT2D eigenvalue weighted by Gasteiger charge is -2.31. The summed E-state index contributed by atoms with van der Waals surface area (Å²) in [6, 6.07) is 7.68. The molecule has 10 nitrogen and oxygen atoms in total. The van der Waals surface area contributed by atoms with Crippen LogP contribution in [0.4, 0.5) is 5.82 Å². The summed E-state index contributed by atoms with van der Waals surface area (Å²) in [6.45, 7) is 3.98. The van der Waals surface area contributed by atoms with Crippen molar-refractivity contribution in [2.45, 2.75) is 44.8 Å². The molecular formula is C26H32N8O2S. The molecule has 1 saturated heterocycles. The SMILES string of the molecule is CC(Nc1nc(-c2cccc(-c3cnn(C)c3)c2)ncc1-c1cnn(C)c1)C1CCC(C)N1S(C)(=O)=O. The second-order valence-electron chi connectivity index (χ2n) is 9.86. The highest BCUT2D eigenvalue weighted by Crippen LogP contribution is 2.33. The van der Waals surface area contributed by atoms with E-state index in [0.717, 1.165) is 40.7 Å². The van der Waals surface area contributed by atoms with Crippen molar-refractivity contribution in [1.29, 1.82) is 0 Å². The highest BCUT2D eigenvalue weighted by molar-refractivity contribution is 7.88. The topological polar surface area (TPSA) is 111 Å². The van der Waals surface area contributed by atoms with Gasteiger partial charge < -0.3 is 5.32 Å². The zero-order valence-electron chi connectivity index (χ0n) is 21.7. The second kappa shape index (κ2) is 9.71. The van der Waals surface area contributed by atoms with E-state index in [-0.39, 0.29) is 18.1 Å². The van der Waals surface area contributed by atoms with Crippen LogP contribution in [-0.4, -0.2) is 66.6 Å². The first-order valence-electron chi connectivity index (χ1n) is 12.3. The van der Waals surface area contributed by atoms with Crippen molar-refractivity contribution in [3.05, 3.63) is 55.2 Å². The van der Waals surface area contributed by atoms with Crippen molar-refractivity contribution in [2.75, 3.05) is 11.6 Å². The number of nitrogens with zero attached hydrogens (tertiary/aromatic N) is 7. The zero-order valence-corrected chi connectivity index (χ0v) is 22.5. The van der Waals surface area contributed by atoms with Crippen LogP contribution in [-0.2, 0) is 24.1 Å². The molecule has 4 heterocycles. The molecule has 0 spiro atoms. The summed E-state index contributed by atoms with van der Waals surface area (Å²) >= 11 is 0. The van der Waals surface area contributed by atoms with Crippen LogP contribution in [0.1, 0.15) is 26.7 Å². The van der Waals surface area contributed by atoms with Crippen molar-refractivity contribution in [3.63, 3.8) is 0 Å². The van der Waals surface area contributed by atoms with Gasteiger partial charge in [0.25, 0.3) is 0 Å². The molecule has 0 saturated carbocycles. The third kappa shape index (κ3) is 5.14. The quantitative estimate of drug-likeness (QED) is 0.397. The summed E-state index contributed by atoms with van der Waals surface area (Å²) in [6.07, 6.45) is 12.2. The second-order valence-corrected chi connectivity index (χ2v) is 11.7. The van der Waals surface area contributed by atoms with E-state index in [1.807, 2.05) is 70.8 Å². The minimum atomic E-state index is -3.34. The van der Waals surface area contributed by atoms with Gasteiger partial charge in [-0.2, -0.15) is 14.5 Å². The minimum Gasteiger partial charge on any atom is -0.365 e. The zero-order chi connectivity index (χ0) is 26.3. The molecule has 3 aromatic heterocycles. The van der Waals surface area contributed by atoms with Crippen LogP contribution in [0.15, 0.2) is 55.2 Å². The lowest BCUT2D eigenvalue weighted by Crippen LogP contribution is -2.46. The Hall–Kier alpha value is -3.57. The van der Waals surface area contributed by atoms with Crippen molar-refractivity contribution < 1.29 is 8.42 Å². The maximum Gasteiger partial charge on any atom is 0.211 e. The number of aryl methyl sites for hydroxylation is 2. The molecule has 4 aromatic rings. The normalized spacial score (nSPS) is 19.3. The molecule has 1 fully saturated rings. The maximum atomic E-state index is 12.5. The first-order valence-corrected chi connectivity index (χ1v) is 14.2. The average Bonchev–Trinajstić information content (AvgIpc) is 3.58. The van der Waals surface area contributed by atoms with Gasteiger partial charge >= 0.3 is 0 Å². The first-order chi connectivity index (χ1) is 17.6. The van der Waals surface area contributed by atoms with Crippen molar-refractivity contribution in [3.8, 4) is 33.6 Å². The van der Waals surface area contributed by atoms with E-state index in [2.05, 4.69) is 15.5 Å². The molecule has 1 N–H and O–H groups in total. The largest absolute Gasteiger partial charge is 0.365 e. The van der Waals surface area contributed by atoms with Crippen molar-refractivity contribution >= 4 is 15.8 Å². The molecule has 1 aliphatic heterocycles. The van der Waals surface area contributed by atoms with Crippen LogP contribution in [0.5, 0.6) is 0 Å². The van der Waals surface area contributed by atoms with E-state index < -0.39 is 10.0 Å². The van der Waals surface area contributed by atoms with Gasteiger partial charge in [0.15, 0.2) is 5.82 Å². The molecule has 0 amide bonds. The van der Waals surface area contributed by atoms with Gasteiger partial charge in [0.2, 0.25) is 10.0 Å². The Kier molecular flexibility index (Phi) is 6.59. The van der Waals surface area contributed by atoms with Gasteiger partial charge in [-0.3, -0.25) is 9.36 Å². The Morgan fingerprint density at radius 2 is 1.65 bits per heavy atom. The molecule has 3 unspecified atom stereocenters. The van der Waals surface area contributed by atoms with Crippen LogP contribution in [0, 0.1) is 0 Å². The van der Waals surface area contributed by atoms with Gasteiger partial charge in [-0.05, 0) is 38.3 Å². The molecule has 0 radical (unpaired) electrons. The van der Waals surface area contributed by atoms with E-state index in [4.69, 9.17) is 9.97 Å². The van der Waals surface area contributed by atoms with Crippen molar-refractivity contribution in [2.24, 2.45) is 14.1 Å². The monoisotopic (exact) mass is 520 g/mol. The minimum absolute atomic E-state index is 0.0294. The molecule has 0 aliphatic carbocycles. The molecule has 5 rings (SSSR count). The highest BCUT2D eigenvalue weighted by Gasteiger charge is 2.40. The smallest absolute Gasteiger partial charge is 0.211 e. The van der Waals surface area contributed by atoms with Crippen LogP contribution in [0.3, 0.4) is 0 Å². The van der Waals surface area contributed by atoms with Crippen LogP contribution < -0.4 is 5.32 Å². The number of benzene rings is 1. The number of nitrogens with one attached hydrogen (secondary N) is 1. The molecule has 3 atom stereocenters. The first kappa shape index (κ1) is 25.1. The molecule has 37 heavy (non-hydrogen) atoms. The lowest BCUT2D eigenvalue weighted by molar-refractivity contribution is 0.317. The Bertz CT molecular complexity index is 1530. The average molecular weight is 521 g/mol. The van der Waals surface area contributed by atoms with E-state index in [1.54, 1.807) is 26.1 Å². The van der Waals surface area contributed by atoms with Gasteiger partial charge in [-0.25, -0.2) is 18.4 Å². The summed E-state index contributed by atoms with van der Waals surface area (Å²) in [5.74, 6) is 1.22. The fourth-order valence-electron chi connectivity index (χ4n) is 5.16. The summed E-state index contributed by atoms with van der Waals surface area (Å²) in [7, 11) is 0.418. The summed E-state index contributed by atoms with van der Waals surface area (Å²) < 4.78 is 30.2. The van der Waals surface area contributed by atoms with Gasteiger partial charge in [0, 0.05) is 73.1 Å². The van der Waals surface area contributed by atoms with Gasteiger partial charge in [-0.15, -0.1) is 0 Å². The van der Waals surface area contributed by atoms with Gasteiger partial charge in [0.05, 0.1) is 18.6 Å². The molecular weight excluding hydrogens is 488 g/mol. The predicted molar refractivity (Wildman–Crippen MR) is 144 cm³/mol. The van der Waals surface area contributed by atoms with Crippen molar-refractivity contribution in [1.82, 2.24) is 33.8 Å². The molecule has 1 aromatic carbocycles. The van der Waals surface area contributed by atoms with Crippen LogP contribution in [0.25, 0.3) is 33.6 Å². The Labute approximate surface area is 217 Å². The summed E-state index contributed by atoms with van der Waals surface area (Å²) in [4.78, 5) is 9.63. The lowest BCUT2D eigenvalue weighted by atomic mass is 10.1.